The predicted octanol–water partition coefficient (Wildman–Crippen LogP) is 4.91. The van der Waals surface area contributed by atoms with Gasteiger partial charge in [-0.2, -0.15) is 0 Å². The van der Waals surface area contributed by atoms with Crippen LogP contribution in [0.25, 0.3) is 0 Å². The summed E-state index contributed by atoms with van der Waals surface area (Å²) in [7, 11) is 0. The van der Waals surface area contributed by atoms with E-state index in [0.717, 1.165) is 14.8 Å². The molecule has 0 saturated carbocycles. The summed E-state index contributed by atoms with van der Waals surface area (Å²) in [5.41, 5.74) is 1.88. The number of aromatic nitrogens is 1. The first kappa shape index (κ1) is 13.7. The summed E-state index contributed by atoms with van der Waals surface area (Å²) < 4.78 is 13.9. The minimum atomic E-state index is -0.238. The highest BCUT2D eigenvalue weighted by atomic mass is 127. The van der Waals surface area contributed by atoms with E-state index in [-0.39, 0.29) is 17.1 Å². The Balaban J connectivity index is 2.28. The average molecular weight is 376 g/mol. The van der Waals surface area contributed by atoms with Crippen molar-refractivity contribution in [1.29, 1.82) is 0 Å². The Morgan fingerprint density at radius 1 is 1.28 bits per heavy atom. The standard InChI is InChI=1S/C14H12ClFIN/c1-9(13-4-2-3-7-18-13)14(15)11-6-5-10(16)8-12(11)17/h2-9,14H,1H3. The van der Waals surface area contributed by atoms with Gasteiger partial charge in [0, 0.05) is 21.4 Å². The van der Waals surface area contributed by atoms with Gasteiger partial charge in [-0.25, -0.2) is 4.39 Å². The summed E-state index contributed by atoms with van der Waals surface area (Å²) in [4.78, 5) is 4.31. The van der Waals surface area contributed by atoms with Gasteiger partial charge in [-0.05, 0) is 52.4 Å². The maximum Gasteiger partial charge on any atom is 0.124 e. The van der Waals surface area contributed by atoms with Crippen molar-refractivity contribution in [2.45, 2.75) is 18.2 Å². The molecule has 1 heterocycles. The zero-order chi connectivity index (χ0) is 13.1. The first-order valence-electron chi connectivity index (χ1n) is 5.59. The van der Waals surface area contributed by atoms with Crippen molar-refractivity contribution >= 4 is 34.2 Å². The summed E-state index contributed by atoms with van der Waals surface area (Å²) in [6.07, 6.45) is 1.76. The van der Waals surface area contributed by atoms with E-state index in [1.54, 1.807) is 12.3 Å². The average Bonchev–Trinajstić information content (AvgIpc) is 2.38. The molecule has 0 fully saturated rings. The van der Waals surface area contributed by atoms with E-state index in [9.17, 15) is 4.39 Å². The van der Waals surface area contributed by atoms with Crippen LogP contribution in [0.4, 0.5) is 4.39 Å². The molecule has 0 N–H and O–H groups in total. The number of halogens is 3. The molecular weight excluding hydrogens is 364 g/mol. The molecular formula is C14H12ClFIN. The number of benzene rings is 1. The molecule has 0 bridgehead atoms. The Hall–Kier alpha value is -0.680. The van der Waals surface area contributed by atoms with E-state index >= 15 is 0 Å². The fourth-order valence-electron chi connectivity index (χ4n) is 1.79. The van der Waals surface area contributed by atoms with Gasteiger partial charge in [0.25, 0.3) is 0 Å². The molecule has 4 heteroatoms. The van der Waals surface area contributed by atoms with Crippen LogP contribution in [-0.2, 0) is 0 Å². The van der Waals surface area contributed by atoms with E-state index in [0.29, 0.717) is 0 Å². The number of pyridine rings is 1. The Kier molecular flexibility index (Phi) is 4.56. The monoisotopic (exact) mass is 375 g/mol. The van der Waals surface area contributed by atoms with Crippen molar-refractivity contribution in [2.24, 2.45) is 0 Å². The van der Waals surface area contributed by atoms with E-state index in [1.807, 2.05) is 25.1 Å². The van der Waals surface area contributed by atoms with Crippen LogP contribution < -0.4 is 0 Å². The van der Waals surface area contributed by atoms with Crippen molar-refractivity contribution < 1.29 is 4.39 Å². The second-order valence-electron chi connectivity index (χ2n) is 4.11. The minimum Gasteiger partial charge on any atom is -0.261 e. The van der Waals surface area contributed by atoms with Gasteiger partial charge in [0.2, 0.25) is 0 Å². The highest BCUT2D eigenvalue weighted by molar-refractivity contribution is 14.1. The van der Waals surface area contributed by atoms with E-state index in [4.69, 9.17) is 11.6 Å². The molecule has 1 aromatic carbocycles. The second-order valence-corrected chi connectivity index (χ2v) is 5.74. The maximum absolute atomic E-state index is 13.1. The summed E-state index contributed by atoms with van der Waals surface area (Å²) >= 11 is 8.59. The molecule has 94 valence electrons. The lowest BCUT2D eigenvalue weighted by Gasteiger charge is -2.19. The normalized spacial score (nSPS) is 14.2. The molecule has 0 saturated heterocycles. The molecule has 18 heavy (non-hydrogen) atoms. The van der Waals surface area contributed by atoms with E-state index in [1.165, 1.54) is 12.1 Å². The summed E-state index contributed by atoms with van der Waals surface area (Å²) in [6.45, 7) is 2.03. The van der Waals surface area contributed by atoms with Gasteiger partial charge in [0.1, 0.15) is 5.82 Å². The lowest BCUT2D eigenvalue weighted by Crippen LogP contribution is -2.06. The van der Waals surface area contributed by atoms with Crippen LogP contribution in [0.3, 0.4) is 0 Å². The lowest BCUT2D eigenvalue weighted by molar-refractivity contribution is 0.623. The second kappa shape index (κ2) is 5.97. The van der Waals surface area contributed by atoms with Crippen LogP contribution in [0.15, 0.2) is 42.6 Å². The fourth-order valence-corrected chi connectivity index (χ4v) is 3.11. The largest absolute Gasteiger partial charge is 0.261 e. The zero-order valence-corrected chi connectivity index (χ0v) is 12.7. The lowest BCUT2D eigenvalue weighted by atomic mass is 9.97. The van der Waals surface area contributed by atoms with Gasteiger partial charge in [-0.1, -0.05) is 19.1 Å². The predicted molar refractivity (Wildman–Crippen MR) is 80.4 cm³/mol. The smallest absolute Gasteiger partial charge is 0.124 e. The molecule has 2 aromatic rings. The van der Waals surface area contributed by atoms with Crippen LogP contribution in [0.2, 0.25) is 0 Å². The molecule has 0 amide bonds. The van der Waals surface area contributed by atoms with Crippen molar-refractivity contribution in [3.8, 4) is 0 Å². The minimum absolute atomic E-state index is 0.0758. The Morgan fingerprint density at radius 3 is 2.67 bits per heavy atom. The van der Waals surface area contributed by atoms with Crippen LogP contribution >= 0.6 is 34.2 Å². The molecule has 1 aromatic heterocycles. The number of rotatable bonds is 3. The molecule has 0 aliphatic heterocycles. The maximum atomic E-state index is 13.1. The van der Waals surface area contributed by atoms with Crippen LogP contribution in [0.1, 0.15) is 29.5 Å². The summed E-state index contributed by atoms with van der Waals surface area (Å²) in [5, 5.41) is -0.215. The Labute approximate surface area is 125 Å². The van der Waals surface area contributed by atoms with Gasteiger partial charge >= 0.3 is 0 Å². The van der Waals surface area contributed by atoms with Gasteiger partial charge in [-0.3, -0.25) is 4.98 Å². The van der Waals surface area contributed by atoms with Crippen molar-refractivity contribution in [1.82, 2.24) is 4.98 Å². The Bertz CT molecular complexity index is 533. The first-order chi connectivity index (χ1) is 8.59. The molecule has 0 aliphatic rings. The number of hydrogen-bond acceptors (Lipinski definition) is 1. The molecule has 0 spiro atoms. The third-order valence-corrected chi connectivity index (χ3v) is 4.40. The van der Waals surface area contributed by atoms with Gasteiger partial charge in [0.15, 0.2) is 0 Å². The molecule has 1 nitrogen and oxygen atoms in total. The molecule has 2 unspecified atom stereocenters. The number of alkyl halides is 1. The molecule has 2 atom stereocenters. The van der Waals surface area contributed by atoms with E-state index in [2.05, 4.69) is 27.6 Å². The van der Waals surface area contributed by atoms with Crippen LogP contribution in [0.5, 0.6) is 0 Å². The summed E-state index contributed by atoms with van der Waals surface area (Å²) in [6, 6.07) is 10.5. The van der Waals surface area contributed by atoms with Crippen LogP contribution in [-0.4, -0.2) is 4.98 Å². The first-order valence-corrected chi connectivity index (χ1v) is 7.11. The van der Waals surface area contributed by atoms with Crippen LogP contribution in [0, 0.1) is 9.39 Å². The topological polar surface area (TPSA) is 12.9 Å². The Morgan fingerprint density at radius 2 is 2.06 bits per heavy atom. The SMILES string of the molecule is CC(c1ccccn1)C(Cl)c1ccc(F)cc1I. The van der Waals surface area contributed by atoms with Gasteiger partial charge in [0.05, 0.1) is 5.38 Å². The van der Waals surface area contributed by atoms with Crippen molar-refractivity contribution in [2.75, 3.05) is 0 Å². The molecule has 0 aliphatic carbocycles. The number of hydrogen-bond donors (Lipinski definition) is 0. The number of nitrogens with zero attached hydrogens (tertiary/aromatic N) is 1. The zero-order valence-electron chi connectivity index (χ0n) is 9.78. The van der Waals surface area contributed by atoms with Crippen molar-refractivity contribution in [3.63, 3.8) is 0 Å². The van der Waals surface area contributed by atoms with Gasteiger partial charge in [-0.15, -0.1) is 11.6 Å². The third kappa shape index (κ3) is 3.01. The van der Waals surface area contributed by atoms with Gasteiger partial charge < -0.3 is 0 Å². The highest BCUT2D eigenvalue weighted by Gasteiger charge is 2.21. The quantitative estimate of drug-likeness (QED) is 0.549. The molecule has 0 radical (unpaired) electrons. The molecule has 2 rings (SSSR count). The summed E-state index contributed by atoms with van der Waals surface area (Å²) in [5.74, 6) is -0.163. The van der Waals surface area contributed by atoms with Crippen molar-refractivity contribution in [3.05, 3.63) is 63.2 Å². The highest BCUT2D eigenvalue weighted by Crippen LogP contribution is 2.37. The van der Waals surface area contributed by atoms with E-state index < -0.39 is 0 Å². The fraction of sp³-hybridized carbons (Fsp3) is 0.214. The third-order valence-electron chi connectivity index (χ3n) is 2.85.